The molecule has 0 aliphatic carbocycles. The van der Waals surface area contributed by atoms with E-state index >= 15 is 0 Å². The third kappa shape index (κ3) is 10.3. The van der Waals surface area contributed by atoms with E-state index in [1.807, 2.05) is 44.2 Å². The van der Waals surface area contributed by atoms with Gasteiger partial charge in [-0.15, -0.1) is 0 Å². The van der Waals surface area contributed by atoms with E-state index in [9.17, 15) is 14.4 Å². The number of carbonyl (C=O) groups is 3. The fourth-order valence-corrected chi connectivity index (χ4v) is 3.10. The van der Waals surface area contributed by atoms with Crippen molar-refractivity contribution >= 4 is 17.9 Å². The number of nitrogens with one attached hydrogen (secondary N) is 2. The fourth-order valence-electron chi connectivity index (χ4n) is 3.10. The monoisotopic (exact) mass is 419 g/mol. The number of hydrogen-bond donors (Lipinski definition) is 3. The number of unbranched alkanes of at least 4 members (excludes halogenated alkanes) is 5. The Labute approximate surface area is 180 Å². The molecule has 0 aliphatic rings. The van der Waals surface area contributed by atoms with Gasteiger partial charge in [-0.3, -0.25) is 9.59 Å². The molecule has 0 bridgehead atoms. The number of carbonyl (C=O) groups excluding carboxylic acids is 3. The predicted molar refractivity (Wildman–Crippen MR) is 118 cm³/mol. The van der Waals surface area contributed by atoms with Gasteiger partial charge in [-0.1, -0.05) is 89.6 Å². The van der Waals surface area contributed by atoms with Gasteiger partial charge in [0.05, 0.1) is 0 Å². The maximum absolute atomic E-state index is 12.7. The third-order valence-corrected chi connectivity index (χ3v) is 4.94. The summed E-state index contributed by atoms with van der Waals surface area (Å²) in [6.07, 6.45) is 6.30. The first-order valence-electron chi connectivity index (χ1n) is 10.9. The number of benzene rings is 1. The van der Waals surface area contributed by atoms with Gasteiger partial charge in [-0.05, 0) is 17.9 Å². The Bertz CT molecular complexity index is 649. The van der Waals surface area contributed by atoms with Gasteiger partial charge in [-0.2, -0.15) is 0 Å². The van der Waals surface area contributed by atoms with Crippen LogP contribution in [0.2, 0.25) is 0 Å². The summed E-state index contributed by atoms with van der Waals surface area (Å²) < 4.78 is 5.20. The van der Waals surface area contributed by atoms with Crippen molar-refractivity contribution in [3.05, 3.63) is 35.9 Å². The van der Waals surface area contributed by atoms with Crippen LogP contribution in [0.1, 0.15) is 71.3 Å². The lowest BCUT2D eigenvalue weighted by molar-refractivity contribution is -0.129. The molecule has 0 aliphatic heterocycles. The van der Waals surface area contributed by atoms with Crippen molar-refractivity contribution in [1.29, 1.82) is 0 Å². The number of hydrogen-bond acceptors (Lipinski definition) is 4. The van der Waals surface area contributed by atoms with E-state index in [1.165, 1.54) is 19.3 Å². The normalized spacial score (nSPS) is 12.8. The molecule has 1 aromatic rings. The molecule has 1 rings (SSSR count). The summed E-state index contributed by atoms with van der Waals surface area (Å²) in [5.41, 5.74) is 6.32. The van der Waals surface area contributed by atoms with Crippen molar-refractivity contribution < 1.29 is 19.1 Å². The maximum atomic E-state index is 12.7. The molecular weight excluding hydrogens is 382 g/mol. The van der Waals surface area contributed by atoms with Crippen molar-refractivity contribution in [1.82, 2.24) is 10.6 Å². The molecular formula is C23H37N3O4. The zero-order chi connectivity index (χ0) is 22.4. The number of amides is 3. The Balaban J connectivity index is 2.52. The molecule has 3 amide bonds. The van der Waals surface area contributed by atoms with Crippen LogP contribution in [-0.4, -0.2) is 30.0 Å². The second kappa shape index (κ2) is 14.4. The molecule has 0 unspecified atom stereocenters. The van der Waals surface area contributed by atoms with Crippen LogP contribution < -0.4 is 16.4 Å². The van der Waals surface area contributed by atoms with Gasteiger partial charge in [0.25, 0.3) is 0 Å². The van der Waals surface area contributed by atoms with Crippen LogP contribution in [0.25, 0.3) is 0 Å². The first-order chi connectivity index (χ1) is 14.3. The first-order valence-corrected chi connectivity index (χ1v) is 10.9. The molecule has 2 atom stereocenters. The van der Waals surface area contributed by atoms with E-state index in [2.05, 4.69) is 17.6 Å². The summed E-state index contributed by atoms with van der Waals surface area (Å²) in [5.74, 6) is -1.18. The zero-order valence-corrected chi connectivity index (χ0v) is 18.5. The molecule has 4 N–H and O–H groups in total. The molecule has 0 radical (unpaired) electrons. The Morgan fingerprint density at radius 2 is 1.60 bits per heavy atom. The molecule has 7 nitrogen and oxygen atoms in total. The second-order valence-electron chi connectivity index (χ2n) is 7.95. The molecule has 30 heavy (non-hydrogen) atoms. The standard InChI is InChI=1S/C23H37N3O4/c1-4-5-6-7-8-12-15-19(21(24)27)25-22(28)20(17(2)3)26-23(29)30-16-18-13-10-9-11-14-18/h9-11,13-14,17,19-20H,4-8,12,15-16H2,1-3H3,(H2,24,27)(H,25,28)(H,26,29)/t19-,20-/m1/s1. The Hall–Kier alpha value is -2.57. The molecule has 0 fully saturated rings. The summed E-state index contributed by atoms with van der Waals surface area (Å²) in [7, 11) is 0. The number of ether oxygens (including phenoxy) is 1. The van der Waals surface area contributed by atoms with E-state index in [-0.39, 0.29) is 12.5 Å². The van der Waals surface area contributed by atoms with Crippen LogP contribution in [0, 0.1) is 5.92 Å². The van der Waals surface area contributed by atoms with Gasteiger partial charge in [-0.25, -0.2) is 4.79 Å². The topological polar surface area (TPSA) is 111 Å². The maximum Gasteiger partial charge on any atom is 0.408 e. The lowest BCUT2D eigenvalue weighted by atomic mass is 10.0. The Kier molecular flexibility index (Phi) is 12.2. The summed E-state index contributed by atoms with van der Waals surface area (Å²) in [4.78, 5) is 36.6. The molecule has 0 saturated carbocycles. The van der Waals surface area contributed by atoms with Gasteiger partial charge < -0.3 is 21.1 Å². The summed E-state index contributed by atoms with van der Waals surface area (Å²) in [6, 6.07) is 7.72. The minimum absolute atomic E-state index is 0.112. The molecule has 0 saturated heterocycles. The minimum atomic E-state index is -0.820. The highest BCUT2D eigenvalue weighted by Crippen LogP contribution is 2.10. The van der Waals surface area contributed by atoms with Gasteiger partial charge in [0, 0.05) is 0 Å². The van der Waals surface area contributed by atoms with E-state index in [0.717, 1.165) is 24.8 Å². The quantitative estimate of drug-likeness (QED) is 0.400. The molecule has 0 aromatic heterocycles. The average Bonchev–Trinajstić information content (AvgIpc) is 2.72. The highest BCUT2D eigenvalue weighted by molar-refractivity contribution is 5.90. The highest BCUT2D eigenvalue weighted by Gasteiger charge is 2.28. The van der Waals surface area contributed by atoms with Crippen molar-refractivity contribution in [2.75, 3.05) is 0 Å². The highest BCUT2D eigenvalue weighted by atomic mass is 16.5. The SMILES string of the molecule is CCCCCCCC[C@@H](NC(=O)[C@H](NC(=O)OCc1ccccc1)C(C)C)C(N)=O. The van der Waals surface area contributed by atoms with Crippen LogP contribution in [-0.2, 0) is 20.9 Å². The Morgan fingerprint density at radius 3 is 2.20 bits per heavy atom. The van der Waals surface area contributed by atoms with Crippen LogP contribution in [0.15, 0.2) is 30.3 Å². The van der Waals surface area contributed by atoms with Crippen molar-refractivity contribution in [2.24, 2.45) is 11.7 Å². The second-order valence-corrected chi connectivity index (χ2v) is 7.95. The van der Waals surface area contributed by atoms with Crippen LogP contribution >= 0.6 is 0 Å². The Morgan fingerprint density at radius 1 is 0.967 bits per heavy atom. The first kappa shape index (κ1) is 25.5. The lowest BCUT2D eigenvalue weighted by Crippen LogP contribution is -2.54. The van der Waals surface area contributed by atoms with E-state index in [0.29, 0.717) is 6.42 Å². The molecule has 0 spiro atoms. The van der Waals surface area contributed by atoms with Crippen molar-refractivity contribution in [3.63, 3.8) is 0 Å². The van der Waals surface area contributed by atoms with Gasteiger partial charge in [0.15, 0.2) is 0 Å². The van der Waals surface area contributed by atoms with Crippen molar-refractivity contribution in [2.45, 2.75) is 84.4 Å². The van der Waals surface area contributed by atoms with Gasteiger partial charge >= 0.3 is 6.09 Å². The summed E-state index contributed by atoms with van der Waals surface area (Å²) in [5, 5.41) is 5.29. The van der Waals surface area contributed by atoms with Crippen LogP contribution in [0.5, 0.6) is 0 Å². The van der Waals surface area contributed by atoms with E-state index in [4.69, 9.17) is 10.5 Å². The zero-order valence-electron chi connectivity index (χ0n) is 18.5. The average molecular weight is 420 g/mol. The predicted octanol–water partition coefficient (Wildman–Crippen LogP) is 3.66. The van der Waals surface area contributed by atoms with Gasteiger partial charge in [0.1, 0.15) is 18.7 Å². The minimum Gasteiger partial charge on any atom is -0.445 e. The number of alkyl carbamates (subject to hydrolysis) is 1. The third-order valence-electron chi connectivity index (χ3n) is 4.94. The summed E-state index contributed by atoms with van der Waals surface area (Å²) in [6.45, 7) is 5.90. The molecule has 0 heterocycles. The number of rotatable bonds is 14. The van der Waals surface area contributed by atoms with E-state index in [1.54, 1.807) is 0 Å². The number of primary amides is 1. The molecule has 1 aromatic carbocycles. The van der Waals surface area contributed by atoms with Gasteiger partial charge in [0.2, 0.25) is 11.8 Å². The van der Waals surface area contributed by atoms with Crippen LogP contribution in [0.4, 0.5) is 4.79 Å². The number of nitrogens with two attached hydrogens (primary N) is 1. The van der Waals surface area contributed by atoms with Crippen LogP contribution in [0.3, 0.4) is 0 Å². The van der Waals surface area contributed by atoms with Crippen molar-refractivity contribution in [3.8, 4) is 0 Å². The summed E-state index contributed by atoms with van der Waals surface area (Å²) >= 11 is 0. The molecule has 7 heteroatoms. The largest absolute Gasteiger partial charge is 0.445 e. The lowest BCUT2D eigenvalue weighted by Gasteiger charge is -2.24. The molecule has 168 valence electrons. The fraction of sp³-hybridized carbons (Fsp3) is 0.609. The smallest absolute Gasteiger partial charge is 0.408 e. The van der Waals surface area contributed by atoms with E-state index < -0.39 is 30.0 Å².